The first kappa shape index (κ1) is 26.4. The Hall–Kier alpha value is -3.81. The molecule has 34 heavy (non-hydrogen) atoms. The van der Waals surface area contributed by atoms with Gasteiger partial charge in [0.15, 0.2) is 0 Å². The Balaban J connectivity index is 0.000000347. The number of benzene rings is 3. The molecule has 1 N–H and O–H groups in total. The molecule has 7 nitrogen and oxygen atoms in total. The van der Waals surface area contributed by atoms with Gasteiger partial charge in [0.25, 0.3) is 0 Å². The summed E-state index contributed by atoms with van der Waals surface area (Å²) in [6.45, 7) is 0. The molecule has 178 valence electrons. The standard InChI is InChI=1S/C21H18O3.C6H11NO3/c1-24-20-13-11-19(12-14-20)21(23,17-5-3-2-4-6-17)18-9-7-16(15-22)8-10-18;1-7(10-2)6(9)4-3-5-8/h2-15,23H,1H3;5H,3-4H2,1-2H3. The number of aldehydes is 2. The van der Waals surface area contributed by atoms with E-state index in [4.69, 9.17) is 4.74 Å². The van der Waals surface area contributed by atoms with Gasteiger partial charge >= 0.3 is 0 Å². The van der Waals surface area contributed by atoms with Crippen molar-refractivity contribution in [3.8, 4) is 5.75 Å². The van der Waals surface area contributed by atoms with Gasteiger partial charge in [0.1, 0.15) is 23.9 Å². The minimum absolute atomic E-state index is 0.186. The Morgan fingerprint density at radius 3 is 1.88 bits per heavy atom. The van der Waals surface area contributed by atoms with E-state index in [1.54, 1.807) is 31.4 Å². The lowest BCUT2D eigenvalue weighted by Gasteiger charge is -2.30. The molecule has 3 rings (SSSR count). The van der Waals surface area contributed by atoms with Crippen LogP contribution in [0.4, 0.5) is 0 Å². The number of nitrogens with zero attached hydrogens (tertiary/aromatic N) is 1. The number of aliphatic hydroxyl groups is 1. The van der Waals surface area contributed by atoms with Gasteiger partial charge in [-0.3, -0.25) is 14.4 Å². The van der Waals surface area contributed by atoms with Gasteiger partial charge in [-0.25, -0.2) is 5.06 Å². The highest BCUT2D eigenvalue weighted by atomic mass is 16.7. The minimum atomic E-state index is -1.31. The van der Waals surface area contributed by atoms with Crippen molar-refractivity contribution in [2.24, 2.45) is 0 Å². The van der Waals surface area contributed by atoms with E-state index in [9.17, 15) is 19.5 Å². The molecule has 0 bridgehead atoms. The summed E-state index contributed by atoms with van der Waals surface area (Å²) in [6, 6.07) is 23.8. The van der Waals surface area contributed by atoms with Crippen LogP contribution in [0.2, 0.25) is 0 Å². The lowest BCUT2D eigenvalue weighted by molar-refractivity contribution is -0.168. The minimum Gasteiger partial charge on any atom is -0.497 e. The molecule has 0 spiro atoms. The van der Waals surface area contributed by atoms with Gasteiger partial charge in [-0.15, -0.1) is 0 Å². The normalized spacial score (nSPS) is 11.9. The largest absolute Gasteiger partial charge is 0.497 e. The van der Waals surface area contributed by atoms with Crippen LogP contribution in [-0.2, 0) is 20.0 Å². The molecule has 0 radical (unpaired) electrons. The van der Waals surface area contributed by atoms with Crippen LogP contribution >= 0.6 is 0 Å². The maximum Gasteiger partial charge on any atom is 0.246 e. The zero-order valence-corrected chi connectivity index (χ0v) is 19.5. The first-order chi connectivity index (χ1) is 16.4. The average molecular weight is 464 g/mol. The third kappa shape index (κ3) is 6.60. The molecule has 0 saturated heterocycles. The summed E-state index contributed by atoms with van der Waals surface area (Å²) in [6.07, 6.45) is 1.97. The highest BCUT2D eigenvalue weighted by Crippen LogP contribution is 2.37. The fraction of sp³-hybridized carbons (Fsp3) is 0.222. The molecule has 1 unspecified atom stereocenters. The fourth-order valence-electron chi connectivity index (χ4n) is 3.26. The van der Waals surface area contributed by atoms with E-state index in [1.165, 1.54) is 14.2 Å². The van der Waals surface area contributed by atoms with Crippen LogP contribution < -0.4 is 4.74 Å². The van der Waals surface area contributed by atoms with Crippen molar-refractivity contribution in [3.63, 3.8) is 0 Å². The highest BCUT2D eigenvalue weighted by molar-refractivity contribution is 5.77. The SMILES string of the molecule is CON(C)C(=O)CCC=O.COc1ccc(C(O)(c2ccccc2)c2ccc(C=O)cc2)cc1. The zero-order chi connectivity index (χ0) is 25.0. The van der Waals surface area contributed by atoms with Gasteiger partial charge in [0.2, 0.25) is 5.91 Å². The molecule has 1 atom stereocenters. The molecule has 0 aliphatic rings. The maximum atomic E-state index is 11.6. The molecule has 0 aliphatic carbocycles. The van der Waals surface area contributed by atoms with E-state index in [-0.39, 0.29) is 18.7 Å². The van der Waals surface area contributed by atoms with Gasteiger partial charge in [0.05, 0.1) is 14.2 Å². The first-order valence-electron chi connectivity index (χ1n) is 10.6. The quantitative estimate of drug-likeness (QED) is 0.295. The third-order valence-electron chi connectivity index (χ3n) is 5.27. The number of carbonyl (C=O) groups is 3. The second kappa shape index (κ2) is 13.0. The average Bonchev–Trinajstić information content (AvgIpc) is 2.91. The summed E-state index contributed by atoms with van der Waals surface area (Å²) >= 11 is 0. The second-order valence-corrected chi connectivity index (χ2v) is 7.32. The summed E-state index contributed by atoms with van der Waals surface area (Å²) in [5.74, 6) is 0.542. The van der Waals surface area contributed by atoms with Crippen LogP contribution in [0.15, 0.2) is 78.9 Å². The summed E-state index contributed by atoms with van der Waals surface area (Å²) in [5, 5.41) is 12.7. The molecule has 3 aromatic carbocycles. The predicted molar refractivity (Wildman–Crippen MR) is 128 cm³/mol. The van der Waals surface area contributed by atoms with Gasteiger partial charge in [0, 0.05) is 25.5 Å². The van der Waals surface area contributed by atoms with Crippen molar-refractivity contribution >= 4 is 18.5 Å². The molecule has 1 amide bonds. The Labute approximate surface area is 199 Å². The Morgan fingerprint density at radius 2 is 1.41 bits per heavy atom. The smallest absolute Gasteiger partial charge is 0.246 e. The van der Waals surface area contributed by atoms with Crippen molar-refractivity contribution in [2.45, 2.75) is 18.4 Å². The van der Waals surface area contributed by atoms with Crippen LogP contribution in [0.5, 0.6) is 5.75 Å². The molecule has 3 aromatic rings. The Kier molecular flexibility index (Phi) is 10.1. The zero-order valence-electron chi connectivity index (χ0n) is 19.5. The molecule has 0 saturated carbocycles. The van der Waals surface area contributed by atoms with Crippen molar-refractivity contribution in [3.05, 3.63) is 101 Å². The lowest BCUT2D eigenvalue weighted by Crippen LogP contribution is -2.28. The Bertz CT molecular complexity index is 1050. The molecule has 0 heterocycles. The van der Waals surface area contributed by atoms with Crippen molar-refractivity contribution in [1.82, 2.24) is 5.06 Å². The number of hydrogen-bond acceptors (Lipinski definition) is 6. The number of hydroxylamine groups is 2. The van der Waals surface area contributed by atoms with E-state index in [2.05, 4.69) is 4.84 Å². The van der Waals surface area contributed by atoms with E-state index in [0.717, 1.165) is 28.2 Å². The lowest BCUT2D eigenvalue weighted by atomic mass is 9.80. The van der Waals surface area contributed by atoms with Crippen LogP contribution in [0.3, 0.4) is 0 Å². The summed E-state index contributed by atoms with van der Waals surface area (Å²) in [5.41, 5.74) is 1.45. The Morgan fingerprint density at radius 1 is 0.882 bits per heavy atom. The van der Waals surface area contributed by atoms with Crippen molar-refractivity contribution in [2.75, 3.05) is 21.3 Å². The van der Waals surface area contributed by atoms with Gasteiger partial charge in [-0.1, -0.05) is 66.7 Å². The van der Waals surface area contributed by atoms with Gasteiger partial charge < -0.3 is 14.6 Å². The van der Waals surface area contributed by atoms with Crippen LogP contribution in [0.25, 0.3) is 0 Å². The topological polar surface area (TPSA) is 93.1 Å². The molecular weight excluding hydrogens is 434 g/mol. The summed E-state index contributed by atoms with van der Waals surface area (Å²) < 4.78 is 5.20. The maximum absolute atomic E-state index is 11.6. The molecule has 0 aliphatic heterocycles. The van der Waals surface area contributed by atoms with E-state index in [1.807, 2.05) is 54.6 Å². The first-order valence-corrected chi connectivity index (χ1v) is 10.6. The van der Waals surface area contributed by atoms with E-state index in [0.29, 0.717) is 17.4 Å². The molecule has 0 fully saturated rings. The number of hydrogen-bond donors (Lipinski definition) is 1. The number of amides is 1. The number of ether oxygens (including phenoxy) is 1. The predicted octanol–water partition coefficient (Wildman–Crippen LogP) is 3.78. The van der Waals surface area contributed by atoms with E-state index >= 15 is 0 Å². The van der Waals surface area contributed by atoms with E-state index < -0.39 is 5.60 Å². The number of carbonyl (C=O) groups excluding carboxylic acids is 3. The molecular formula is C27H29NO6. The number of methoxy groups -OCH3 is 1. The van der Waals surface area contributed by atoms with Crippen molar-refractivity contribution < 1.29 is 29.1 Å². The number of rotatable bonds is 9. The van der Waals surface area contributed by atoms with Crippen LogP contribution in [0, 0.1) is 0 Å². The monoisotopic (exact) mass is 463 g/mol. The van der Waals surface area contributed by atoms with Gasteiger partial charge in [-0.05, 0) is 28.8 Å². The van der Waals surface area contributed by atoms with Crippen LogP contribution in [-0.4, -0.2) is 49.9 Å². The molecule has 0 aromatic heterocycles. The summed E-state index contributed by atoms with van der Waals surface area (Å²) in [4.78, 5) is 36.1. The van der Waals surface area contributed by atoms with Crippen LogP contribution in [0.1, 0.15) is 39.9 Å². The second-order valence-electron chi connectivity index (χ2n) is 7.32. The summed E-state index contributed by atoms with van der Waals surface area (Å²) in [7, 11) is 4.52. The third-order valence-corrected chi connectivity index (χ3v) is 5.27. The molecule has 7 heteroatoms. The fourth-order valence-corrected chi connectivity index (χ4v) is 3.26. The van der Waals surface area contributed by atoms with Crippen molar-refractivity contribution in [1.29, 1.82) is 0 Å². The highest BCUT2D eigenvalue weighted by Gasteiger charge is 2.33. The van der Waals surface area contributed by atoms with Gasteiger partial charge in [-0.2, -0.15) is 0 Å².